The lowest BCUT2D eigenvalue weighted by atomic mass is 10.3. The van der Waals surface area contributed by atoms with Crippen molar-refractivity contribution >= 4 is 5.91 Å². The van der Waals surface area contributed by atoms with E-state index in [1.807, 2.05) is 19.1 Å². The number of amides is 1. The summed E-state index contributed by atoms with van der Waals surface area (Å²) in [7, 11) is 1.73. The summed E-state index contributed by atoms with van der Waals surface area (Å²) in [6.07, 6.45) is 2.41. The summed E-state index contributed by atoms with van der Waals surface area (Å²) in [5.41, 5.74) is 6.24. The number of carbonyl (C=O) groups excluding carboxylic acids is 1. The summed E-state index contributed by atoms with van der Waals surface area (Å²) in [5.74, 6) is 1.55. The molecule has 2 N–H and O–H groups in total. The van der Waals surface area contributed by atoms with E-state index in [1.165, 1.54) is 4.68 Å². The van der Waals surface area contributed by atoms with Crippen molar-refractivity contribution < 1.29 is 9.21 Å². The molecular formula is C13H19N5O2. The van der Waals surface area contributed by atoms with Gasteiger partial charge in [0.05, 0.1) is 12.2 Å². The van der Waals surface area contributed by atoms with Crippen LogP contribution in [0.15, 0.2) is 22.7 Å². The summed E-state index contributed by atoms with van der Waals surface area (Å²) in [6, 6.07) is 3.75. The van der Waals surface area contributed by atoms with Gasteiger partial charge in [0, 0.05) is 19.7 Å². The highest BCUT2D eigenvalue weighted by molar-refractivity contribution is 5.75. The van der Waals surface area contributed by atoms with Gasteiger partial charge in [0.25, 0.3) is 0 Å². The molecule has 7 nitrogen and oxygen atoms in total. The Labute approximate surface area is 117 Å². The first kappa shape index (κ1) is 14.3. The van der Waals surface area contributed by atoms with E-state index in [9.17, 15) is 4.79 Å². The number of aromatic nitrogens is 3. The Morgan fingerprint density at radius 2 is 2.30 bits per heavy atom. The lowest BCUT2D eigenvalue weighted by Crippen LogP contribution is -2.29. The summed E-state index contributed by atoms with van der Waals surface area (Å²) in [6.45, 7) is 2.99. The molecule has 2 aromatic rings. The van der Waals surface area contributed by atoms with Crippen LogP contribution in [0.1, 0.15) is 17.2 Å². The number of nitrogens with two attached hydrogens (primary N) is 1. The zero-order valence-corrected chi connectivity index (χ0v) is 11.7. The highest BCUT2D eigenvalue weighted by Gasteiger charge is 2.13. The molecule has 0 atom stereocenters. The van der Waals surface area contributed by atoms with Crippen molar-refractivity contribution in [3.05, 3.63) is 35.5 Å². The van der Waals surface area contributed by atoms with E-state index in [4.69, 9.17) is 10.2 Å². The summed E-state index contributed by atoms with van der Waals surface area (Å²) in [5, 5.41) is 7.86. The van der Waals surface area contributed by atoms with E-state index < -0.39 is 0 Å². The number of likely N-dealkylation sites (N-methyl/N-ethyl adjacent to an activating group) is 1. The SMILES string of the molecule is Cc1ccc(CN(C)C(=O)Cn2cc(CCN)nn2)o1. The number of hydrogen-bond donors (Lipinski definition) is 1. The van der Waals surface area contributed by atoms with Crippen molar-refractivity contribution in [2.45, 2.75) is 26.4 Å². The summed E-state index contributed by atoms with van der Waals surface area (Å²) < 4.78 is 6.97. The second kappa shape index (κ2) is 6.33. The average molecular weight is 277 g/mol. The number of carbonyl (C=O) groups is 1. The van der Waals surface area contributed by atoms with Crippen molar-refractivity contribution in [2.75, 3.05) is 13.6 Å². The van der Waals surface area contributed by atoms with Crippen molar-refractivity contribution in [1.82, 2.24) is 19.9 Å². The smallest absolute Gasteiger partial charge is 0.244 e. The molecule has 2 aromatic heterocycles. The minimum atomic E-state index is -0.0525. The lowest BCUT2D eigenvalue weighted by Gasteiger charge is -2.15. The van der Waals surface area contributed by atoms with Gasteiger partial charge in [-0.15, -0.1) is 5.10 Å². The largest absolute Gasteiger partial charge is 0.464 e. The first-order chi connectivity index (χ1) is 9.58. The van der Waals surface area contributed by atoms with Crippen LogP contribution >= 0.6 is 0 Å². The standard InChI is InChI=1S/C13H19N5O2/c1-10-3-4-12(20-10)8-17(2)13(19)9-18-7-11(5-6-14)15-16-18/h3-4,7H,5-6,8-9,14H2,1-2H3. The van der Waals surface area contributed by atoms with Crippen LogP contribution in [-0.2, 0) is 24.3 Å². The van der Waals surface area contributed by atoms with Crippen LogP contribution in [0.25, 0.3) is 0 Å². The number of aryl methyl sites for hydroxylation is 1. The molecule has 0 aliphatic rings. The number of rotatable bonds is 6. The Balaban J connectivity index is 1.89. The van der Waals surface area contributed by atoms with E-state index in [0.717, 1.165) is 17.2 Å². The third-order valence-corrected chi connectivity index (χ3v) is 2.90. The van der Waals surface area contributed by atoms with Gasteiger partial charge < -0.3 is 15.1 Å². The summed E-state index contributed by atoms with van der Waals surface area (Å²) in [4.78, 5) is 13.7. The molecule has 2 heterocycles. The van der Waals surface area contributed by atoms with Gasteiger partial charge in [-0.1, -0.05) is 5.21 Å². The van der Waals surface area contributed by atoms with Crippen LogP contribution in [0, 0.1) is 6.92 Å². The van der Waals surface area contributed by atoms with Gasteiger partial charge in [-0.3, -0.25) is 4.79 Å². The normalized spacial score (nSPS) is 10.8. The highest BCUT2D eigenvalue weighted by atomic mass is 16.3. The molecule has 0 unspecified atom stereocenters. The molecule has 0 radical (unpaired) electrons. The Morgan fingerprint density at radius 3 is 2.95 bits per heavy atom. The van der Waals surface area contributed by atoms with Crippen LogP contribution in [0.2, 0.25) is 0 Å². The van der Waals surface area contributed by atoms with Gasteiger partial charge in [-0.2, -0.15) is 0 Å². The van der Waals surface area contributed by atoms with E-state index in [0.29, 0.717) is 19.5 Å². The molecule has 7 heteroatoms. The van der Waals surface area contributed by atoms with E-state index in [2.05, 4.69) is 10.3 Å². The minimum Gasteiger partial charge on any atom is -0.464 e. The fraction of sp³-hybridized carbons (Fsp3) is 0.462. The zero-order chi connectivity index (χ0) is 14.5. The van der Waals surface area contributed by atoms with E-state index >= 15 is 0 Å². The molecule has 0 spiro atoms. The molecular weight excluding hydrogens is 258 g/mol. The van der Waals surface area contributed by atoms with Crippen molar-refractivity contribution in [2.24, 2.45) is 5.73 Å². The molecule has 108 valence electrons. The molecule has 0 aliphatic carbocycles. The van der Waals surface area contributed by atoms with Crippen molar-refractivity contribution in [1.29, 1.82) is 0 Å². The van der Waals surface area contributed by atoms with Gasteiger partial charge in [0.2, 0.25) is 5.91 Å². The maximum Gasteiger partial charge on any atom is 0.244 e. The van der Waals surface area contributed by atoms with E-state index in [1.54, 1.807) is 18.1 Å². The third kappa shape index (κ3) is 3.67. The van der Waals surface area contributed by atoms with Gasteiger partial charge in [0.1, 0.15) is 18.1 Å². The topological polar surface area (TPSA) is 90.2 Å². The Bertz CT molecular complexity index is 575. The van der Waals surface area contributed by atoms with Crippen molar-refractivity contribution in [3.63, 3.8) is 0 Å². The van der Waals surface area contributed by atoms with Gasteiger partial charge in [0.15, 0.2) is 0 Å². The molecule has 0 saturated heterocycles. The van der Waals surface area contributed by atoms with E-state index in [-0.39, 0.29) is 12.5 Å². The lowest BCUT2D eigenvalue weighted by molar-refractivity contribution is -0.131. The number of hydrogen-bond acceptors (Lipinski definition) is 5. The first-order valence-electron chi connectivity index (χ1n) is 6.47. The van der Waals surface area contributed by atoms with Crippen LogP contribution in [0.4, 0.5) is 0 Å². The summed E-state index contributed by atoms with van der Waals surface area (Å²) >= 11 is 0. The minimum absolute atomic E-state index is 0.0525. The van der Waals surface area contributed by atoms with Gasteiger partial charge in [-0.25, -0.2) is 4.68 Å². The first-order valence-corrected chi connectivity index (χ1v) is 6.47. The zero-order valence-electron chi connectivity index (χ0n) is 11.7. The number of nitrogens with zero attached hydrogens (tertiary/aromatic N) is 4. The third-order valence-electron chi connectivity index (χ3n) is 2.90. The fourth-order valence-corrected chi connectivity index (χ4v) is 1.83. The average Bonchev–Trinajstić information content (AvgIpc) is 2.99. The van der Waals surface area contributed by atoms with Crippen molar-refractivity contribution in [3.8, 4) is 0 Å². The molecule has 0 saturated carbocycles. The van der Waals surface area contributed by atoms with Crippen LogP contribution in [-0.4, -0.2) is 39.4 Å². The maximum absolute atomic E-state index is 12.1. The maximum atomic E-state index is 12.1. The van der Waals surface area contributed by atoms with Crippen LogP contribution < -0.4 is 5.73 Å². The molecule has 1 amide bonds. The fourth-order valence-electron chi connectivity index (χ4n) is 1.83. The number of furan rings is 1. The molecule has 0 fully saturated rings. The molecule has 0 bridgehead atoms. The Hall–Kier alpha value is -2.15. The second-order valence-corrected chi connectivity index (χ2v) is 4.71. The predicted molar refractivity (Wildman–Crippen MR) is 72.7 cm³/mol. The molecule has 0 aromatic carbocycles. The monoisotopic (exact) mass is 277 g/mol. The Kier molecular flexibility index (Phi) is 4.52. The Morgan fingerprint density at radius 1 is 1.50 bits per heavy atom. The second-order valence-electron chi connectivity index (χ2n) is 4.71. The van der Waals surface area contributed by atoms with Crippen LogP contribution in [0.5, 0.6) is 0 Å². The molecule has 0 aliphatic heterocycles. The van der Waals surface area contributed by atoms with Gasteiger partial charge in [-0.05, 0) is 25.6 Å². The quantitative estimate of drug-likeness (QED) is 0.822. The van der Waals surface area contributed by atoms with Crippen LogP contribution in [0.3, 0.4) is 0 Å². The molecule has 20 heavy (non-hydrogen) atoms. The predicted octanol–water partition coefficient (Wildman–Crippen LogP) is 0.339. The highest BCUT2D eigenvalue weighted by Crippen LogP contribution is 2.09. The molecule has 2 rings (SSSR count). The van der Waals surface area contributed by atoms with Gasteiger partial charge >= 0.3 is 0 Å².